The number of hydrogen-bond donors (Lipinski definition) is 0. The summed E-state index contributed by atoms with van der Waals surface area (Å²) in [4.78, 5) is 19.7. The number of rotatable bonds is 8. The van der Waals surface area contributed by atoms with E-state index in [1.54, 1.807) is 10.6 Å². The first-order valence-electron chi connectivity index (χ1n) is 15.0. The Hall–Kier alpha value is -4.61. The highest BCUT2D eigenvalue weighted by Crippen LogP contribution is 2.37. The van der Waals surface area contributed by atoms with Gasteiger partial charge in [0.25, 0.3) is 18.3 Å². The van der Waals surface area contributed by atoms with Crippen molar-refractivity contribution in [3.8, 4) is 11.3 Å². The molecule has 240 valence electrons. The zero-order valence-electron chi connectivity index (χ0n) is 25.1. The second-order valence-electron chi connectivity index (χ2n) is 11.4. The van der Waals surface area contributed by atoms with Gasteiger partial charge in [0.2, 0.25) is 0 Å². The van der Waals surface area contributed by atoms with E-state index in [1.807, 2.05) is 18.2 Å². The predicted octanol–water partition coefficient (Wildman–Crippen LogP) is 8.63. The Labute approximate surface area is 260 Å². The number of allylic oxidation sites excluding steroid dienone is 2. The van der Waals surface area contributed by atoms with Gasteiger partial charge in [-0.3, -0.25) is 14.0 Å². The summed E-state index contributed by atoms with van der Waals surface area (Å²) >= 11 is 0. The fourth-order valence-electron chi connectivity index (χ4n) is 6.26. The molecule has 3 heterocycles. The molecule has 1 aliphatic heterocycles. The van der Waals surface area contributed by atoms with Crippen molar-refractivity contribution in [2.45, 2.75) is 57.8 Å². The molecule has 1 amide bonds. The fourth-order valence-corrected chi connectivity index (χ4v) is 6.26. The van der Waals surface area contributed by atoms with E-state index >= 15 is 4.39 Å². The Bertz CT molecular complexity index is 1940. The second-order valence-corrected chi connectivity index (χ2v) is 11.4. The SMILES string of the molecule is C/C=C/C(F)(F)c1cccc(-c2nn(CC(F)F)c3cc(C(=O)N4CCC(c5nc6ccccc6n5C(C)F)CC4)c(F)cc23)c1. The maximum atomic E-state index is 15.6. The maximum absolute atomic E-state index is 15.6. The zero-order valence-corrected chi connectivity index (χ0v) is 25.1. The van der Waals surface area contributed by atoms with E-state index in [1.165, 1.54) is 55.2 Å². The van der Waals surface area contributed by atoms with E-state index in [-0.39, 0.29) is 52.3 Å². The summed E-state index contributed by atoms with van der Waals surface area (Å²) in [5.41, 5.74) is 1.00. The molecular weight excluding hydrogens is 608 g/mol. The Balaban J connectivity index is 1.30. The molecule has 1 unspecified atom stereocenters. The van der Waals surface area contributed by atoms with E-state index in [0.29, 0.717) is 29.7 Å². The third-order valence-electron chi connectivity index (χ3n) is 8.40. The molecule has 0 saturated carbocycles. The van der Waals surface area contributed by atoms with Crippen LogP contribution in [-0.4, -0.2) is 49.7 Å². The molecule has 0 bridgehead atoms. The average Bonchev–Trinajstić information content (AvgIpc) is 3.58. The smallest absolute Gasteiger partial charge is 0.291 e. The molecule has 3 aromatic carbocycles. The van der Waals surface area contributed by atoms with Crippen molar-refractivity contribution in [2.75, 3.05) is 13.1 Å². The number of amides is 1. The molecule has 6 nitrogen and oxygen atoms in total. The third kappa shape index (κ3) is 5.76. The monoisotopic (exact) mass is 639 g/mol. The minimum Gasteiger partial charge on any atom is -0.339 e. The van der Waals surface area contributed by atoms with Crippen LogP contribution in [0.3, 0.4) is 0 Å². The van der Waals surface area contributed by atoms with Gasteiger partial charge < -0.3 is 4.90 Å². The summed E-state index contributed by atoms with van der Waals surface area (Å²) in [5, 5.41) is 4.36. The molecule has 0 spiro atoms. The van der Waals surface area contributed by atoms with Crippen LogP contribution in [0.4, 0.5) is 26.3 Å². The average molecular weight is 640 g/mol. The van der Waals surface area contributed by atoms with Crippen molar-refractivity contribution in [3.63, 3.8) is 0 Å². The third-order valence-corrected chi connectivity index (χ3v) is 8.40. The molecule has 1 fully saturated rings. The number of halogens is 6. The lowest BCUT2D eigenvalue weighted by Gasteiger charge is -2.32. The number of carbonyl (C=O) groups excluding carboxylic acids is 1. The Morgan fingerprint density at radius 1 is 1.02 bits per heavy atom. The molecule has 5 aromatic rings. The summed E-state index contributed by atoms with van der Waals surface area (Å²) in [6.45, 7) is 2.56. The molecule has 46 heavy (non-hydrogen) atoms. The molecule has 2 aromatic heterocycles. The normalized spacial score (nSPS) is 15.5. The van der Waals surface area contributed by atoms with E-state index < -0.39 is 36.9 Å². The van der Waals surface area contributed by atoms with Crippen molar-refractivity contribution < 1.29 is 31.1 Å². The number of aromatic nitrogens is 4. The van der Waals surface area contributed by atoms with Crippen LogP contribution in [0.15, 0.2) is 72.8 Å². The van der Waals surface area contributed by atoms with Gasteiger partial charge in [-0.2, -0.15) is 13.9 Å². The fraction of sp³-hybridized carbons (Fsp3) is 0.324. The lowest BCUT2D eigenvalue weighted by Crippen LogP contribution is -2.38. The first-order valence-corrected chi connectivity index (χ1v) is 15.0. The van der Waals surface area contributed by atoms with Gasteiger partial charge in [-0.05, 0) is 63.1 Å². The van der Waals surface area contributed by atoms with Crippen LogP contribution in [-0.2, 0) is 12.5 Å². The number of hydrogen-bond acceptors (Lipinski definition) is 3. The summed E-state index contributed by atoms with van der Waals surface area (Å²) in [5.74, 6) is -4.34. The largest absolute Gasteiger partial charge is 0.339 e. The molecule has 0 aliphatic carbocycles. The molecule has 0 radical (unpaired) electrons. The van der Waals surface area contributed by atoms with Gasteiger partial charge >= 0.3 is 0 Å². The summed E-state index contributed by atoms with van der Waals surface area (Å²) < 4.78 is 89.2. The molecule has 6 rings (SSSR count). The van der Waals surface area contributed by atoms with Crippen molar-refractivity contribution >= 4 is 27.8 Å². The van der Waals surface area contributed by atoms with Gasteiger partial charge in [-0.15, -0.1) is 0 Å². The van der Waals surface area contributed by atoms with Gasteiger partial charge in [0, 0.05) is 35.5 Å². The van der Waals surface area contributed by atoms with Crippen LogP contribution in [0.2, 0.25) is 0 Å². The van der Waals surface area contributed by atoms with Crippen LogP contribution in [0.1, 0.15) is 60.6 Å². The van der Waals surface area contributed by atoms with E-state index in [2.05, 4.69) is 10.1 Å². The number of nitrogens with zero attached hydrogens (tertiary/aromatic N) is 5. The quantitative estimate of drug-likeness (QED) is 0.126. The minimum absolute atomic E-state index is 0.0393. The Morgan fingerprint density at radius 3 is 2.46 bits per heavy atom. The first-order chi connectivity index (χ1) is 22.0. The number of likely N-dealkylation sites (tertiary alicyclic amines) is 1. The standard InChI is InChI=1S/C34H31F6N5O/c1-3-13-34(39,40)23-8-6-7-22(16-23)31-25-17-26(36)24(18-29(25)44(42-31)19-30(37)38)33(46)43-14-11-21(12-15-43)32-41-27-9-4-5-10-28(27)45(32)20(2)35/h3-10,13,16-18,20-21,30H,11-12,14-15,19H2,1-2H3/b13-3+. The van der Waals surface area contributed by atoms with Gasteiger partial charge in [-0.25, -0.2) is 22.5 Å². The van der Waals surface area contributed by atoms with Crippen LogP contribution < -0.4 is 0 Å². The van der Waals surface area contributed by atoms with Crippen LogP contribution in [0.25, 0.3) is 33.2 Å². The van der Waals surface area contributed by atoms with Gasteiger partial charge in [0.15, 0.2) is 6.30 Å². The molecule has 12 heteroatoms. The van der Waals surface area contributed by atoms with Crippen molar-refractivity contribution in [3.05, 3.63) is 95.6 Å². The second kappa shape index (κ2) is 12.3. The minimum atomic E-state index is -3.29. The van der Waals surface area contributed by atoms with Crippen molar-refractivity contribution in [1.82, 2.24) is 24.2 Å². The van der Waals surface area contributed by atoms with Crippen molar-refractivity contribution in [1.29, 1.82) is 0 Å². The number of alkyl halides is 5. The van der Waals surface area contributed by atoms with Crippen LogP contribution in [0.5, 0.6) is 0 Å². The number of carbonyl (C=O) groups is 1. The maximum Gasteiger partial charge on any atom is 0.291 e. The van der Waals surface area contributed by atoms with Gasteiger partial charge in [-0.1, -0.05) is 36.4 Å². The molecule has 1 aliphatic rings. The van der Waals surface area contributed by atoms with Gasteiger partial charge in [0.1, 0.15) is 23.9 Å². The lowest BCUT2D eigenvalue weighted by molar-refractivity contribution is 0.0520. The van der Waals surface area contributed by atoms with Crippen LogP contribution >= 0.6 is 0 Å². The predicted molar refractivity (Wildman–Crippen MR) is 163 cm³/mol. The van der Waals surface area contributed by atoms with Gasteiger partial charge in [0.05, 0.1) is 22.1 Å². The van der Waals surface area contributed by atoms with Crippen molar-refractivity contribution in [2.24, 2.45) is 0 Å². The first kappa shape index (κ1) is 31.4. The number of para-hydroxylation sites is 2. The number of imidazole rings is 1. The number of benzene rings is 3. The number of piperidine rings is 1. The highest BCUT2D eigenvalue weighted by molar-refractivity contribution is 6.01. The summed E-state index contributed by atoms with van der Waals surface area (Å²) in [7, 11) is 0. The molecule has 1 saturated heterocycles. The van der Waals surface area contributed by atoms with E-state index in [0.717, 1.165) is 16.8 Å². The Morgan fingerprint density at radius 2 is 1.76 bits per heavy atom. The topological polar surface area (TPSA) is 56.0 Å². The highest BCUT2D eigenvalue weighted by Gasteiger charge is 2.32. The lowest BCUT2D eigenvalue weighted by atomic mass is 9.95. The molecular formula is C34H31F6N5O. The summed E-state index contributed by atoms with van der Waals surface area (Å²) in [6.07, 6.45) is -1.24. The molecule has 0 N–H and O–H groups in total. The molecule has 1 atom stereocenters. The van der Waals surface area contributed by atoms with E-state index in [4.69, 9.17) is 0 Å². The summed E-state index contributed by atoms with van der Waals surface area (Å²) in [6, 6.07) is 14.8. The van der Waals surface area contributed by atoms with E-state index in [9.17, 15) is 26.7 Å². The highest BCUT2D eigenvalue weighted by atomic mass is 19.3. The Kier molecular flexibility index (Phi) is 8.39. The van der Waals surface area contributed by atoms with Crippen LogP contribution in [0, 0.1) is 5.82 Å². The number of fused-ring (bicyclic) bond motifs is 2. The zero-order chi connectivity index (χ0) is 32.7.